The number of hydrogen-bond donors (Lipinski definition) is 2. The molecule has 0 aromatic heterocycles. The summed E-state index contributed by atoms with van der Waals surface area (Å²) in [5.41, 5.74) is -0.0401. The van der Waals surface area contributed by atoms with E-state index in [-0.39, 0.29) is 23.8 Å². The second-order valence-corrected chi connectivity index (χ2v) is 4.38. The minimum absolute atomic E-state index is 0. The maximum Gasteiger partial charge on any atom is 0.412 e. The largest absolute Gasteiger partial charge is 1.00 e. The van der Waals surface area contributed by atoms with Crippen molar-refractivity contribution >= 4 is 11.8 Å². The van der Waals surface area contributed by atoms with Crippen LogP contribution < -0.4 is 27.4 Å². The fraction of sp³-hybridized carbons (Fsp3) is 0.417. The maximum atomic E-state index is 11.4. The molecule has 7 nitrogen and oxygen atoms in total. The van der Waals surface area contributed by atoms with Crippen LogP contribution in [-0.2, 0) is 0 Å². The van der Waals surface area contributed by atoms with Gasteiger partial charge < -0.3 is 27.4 Å². The molecule has 0 radical (unpaired) electrons. The molecule has 0 aliphatic heterocycles. The van der Waals surface area contributed by atoms with Crippen molar-refractivity contribution in [2.45, 2.75) is 6.42 Å². The van der Waals surface area contributed by atoms with Gasteiger partial charge in [0.05, 0.1) is 25.6 Å². The molecule has 1 rings (SSSR count). The van der Waals surface area contributed by atoms with E-state index in [0.29, 0.717) is 6.54 Å². The van der Waals surface area contributed by atoms with E-state index in [0.717, 1.165) is 13.0 Å². The lowest BCUT2D eigenvalue weighted by atomic mass is 10.3. The molecule has 0 heterocycles. The predicted octanol–water partition coefficient (Wildman–Crippen LogP) is -2.78. The Morgan fingerprint density at radius 2 is 1.95 bits per heavy atom. The molecular weight excluding hydrogens is 286 g/mol. The lowest BCUT2D eigenvalue weighted by molar-refractivity contribution is -0.858. The van der Waals surface area contributed by atoms with E-state index in [9.17, 15) is 14.9 Å². The van der Waals surface area contributed by atoms with Gasteiger partial charge in [0.2, 0.25) is 0 Å². The van der Waals surface area contributed by atoms with Crippen LogP contribution in [0.15, 0.2) is 24.3 Å². The van der Waals surface area contributed by atoms with Crippen molar-refractivity contribution in [1.82, 2.24) is 5.32 Å². The van der Waals surface area contributed by atoms with Gasteiger partial charge in [-0.2, -0.15) is 0 Å². The number of quaternary nitrogens is 1. The minimum Gasteiger partial charge on any atom is -1.00 e. The Balaban J connectivity index is 0.00000361. The fourth-order valence-corrected chi connectivity index (χ4v) is 1.41. The summed E-state index contributed by atoms with van der Waals surface area (Å²) >= 11 is 0. The van der Waals surface area contributed by atoms with Crippen LogP contribution in [0.25, 0.3) is 0 Å². The molecule has 20 heavy (non-hydrogen) atoms. The molecule has 1 aromatic carbocycles. The summed E-state index contributed by atoms with van der Waals surface area (Å²) in [4.78, 5) is 22.7. The lowest BCUT2D eigenvalue weighted by Crippen LogP contribution is -3.05. The average molecular weight is 304 g/mol. The van der Waals surface area contributed by atoms with Gasteiger partial charge in [0.15, 0.2) is 0 Å². The molecule has 0 saturated heterocycles. The quantitative estimate of drug-likeness (QED) is 0.338. The Labute approximate surface area is 123 Å². The van der Waals surface area contributed by atoms with Crippen LogP contribution in [0.4, 0.5) is 10.5 Å². The number of nitro benzene ring substituents is 1. The van der Waals surface area contributed by atoms with Gasteiger partial charge in [-0.25, -0.2) is 4.79 Å². The first-order chi connectivity index (χ1) is 8.99. The number of carbonyl (C=O) groups excluding carboxylic acids is 1. The topological polar surface area (TPSA) is 85.9 Å². The number of halogens is 1. The van der Waals surface area contributed by atoms with Crippen molar-refractivity contribution in [1.29, 1.82) is 0 Å². The molecule has 0 aliphatic carbocycles. The first kappa shape index (κ1) is 18.1. The molecule has 1 amide bonds. The summed E-state index contributed by atoms with van der Waals surface area (Å²) in [5, 5.41) is 13.1. The van der Waals surface area contributed by atoms with Gasteiger partial charge in [-0.1, -0.05) is 0 Å². The Morgan fingerprint density at radius 1 is 1.35 bits per heavy atom. The Morgan fingerprint density at radius 3 is 2.45 bits per heavy atom. The lowest BCUT2D eigenvalue weighted by Gasteiger charge is -2.08. The summed E-state index contributed by atoms with van der Waals surface area (Å²) in [6, 6.07) is 5.36. The van der Waals surface area contributed by atoms with Gasteiger partial charge >= 0.3 is 6.09 Å². The van der Waals surface area contributed by atoms with E-state index < -0.39 is 11.0 Å². The van der Waals surface area contributed by atoms with Gasteiger partial charge in [-0.3, -0.25) is 10.1 Å². The molecule has 112 valence electrons. The molecular formula is C12H18ClN3O4. The van der Waals surface area contributed by atoms with Crippen molar-refractivity contribution < 1.29 is 31.8 Å². The van der Waals surface area contributed by atoms with Crippen molar-refractivity contribution in [3.63, 3.8) is 0 Å². The van der Waals surface area contributed by atoms with Crippen LogP contribution in [0.1, 0.15) is 6.42 Å². The highest BCUT2D eigenvalue weighted by Gasteiger charge is 2.07. The highest BCUT2D eigenvalue weighted by Crippen LogP contribution is 2.17. The number of rotatable bonds is 6. The van der Waals surface area contributed by atoms with Crippen LogP contribution in [0.5, 0.6) is 5.75 Å². The number of carbonyl (C=O) groups is 1. The number of ether oxygens (including phenoxy) is 1. The summed E-state index contributed by atoms with van der Waals surface area (Å²) < 4.78 is 4.98. The average Bonchev–Trinajstić information content (AvgIpc) is 2.35. The van der Waals surface area contributed by atoms with Crippen molar-refractivity contribution in [3.05, 3.63) is 34.4 Å². The first-order valence-corrected chi connectivity index (χ1v) is 5.98. The molecule has 2 N–H and O–H groups in total. The van der Waals surface area contributed by atoms with E-state index >= 15 is 0 Å². The predicted molar refractivity (Wildman–Crippen MR) is 69.4 cm³/mol. The van der Waals surface area contributed by atoms with Gasteiger partial charge in [0, 0.05) is 25.1 Å². The standard InChI is InChI=1S/C12H17N3O4.ClH/c1-14(2)9-3-8-13-12(16)19-11-6-4-10(5-7-11)15(17)18;/h4-7H,3,8-9H2,1-2H3,(H,13,16);1H. The summed E-state index contributed by atoms with van der Waals surface area (Å²) in [6.07, 6.45) is 0.306. The van der Waals surface area contributed by atoms with Crippen molar-refractivity contribution in [2.75, 3.05) is 27.2 Å². The Hall–Kier alpha value is -1.86. The van der Waals surface area contributed by atoms with Gasteiger partial charge in [0.25, 0.3) is 5.69 Å². The zero-order valence-electron chi connectivity index (χ0n) is 11.4. The maximum absolute atomic E-state index is 11.4. The van der Waals surface area contributed by atoms with Crippen molar-refractivity contribution in [2.24, 2.45) is 0 Å². The smallest absolute Gasteiger partial charge is 0.412 e. The van der Waals surface area contributed by atoms with Crippen molar-refractivity contribution in [3.8, 4) is 5.75 Å². The molecule has 0 saturated carbocycles. The highest BCUT2D eigenvalue weighted by atomic mass is 35.5. The van der Waals surface area contributed by atoms with Crippen LogP contribution in [-0.4, -0.2) is 38.2 Å². The molecule has 1 aromatic rings. The summed E-state index contributed by atoms with van der Waals surface area (Å²) in [5.74, 6) is 0.279. The Kier molecular flexibility index (Phi) is 8.26. The van der Waals surface area contributed by atoms with Crippen LogP contribution >= 0.6 is 0 Å². The number of hydrogen-bond acceptors (Lipinski definition) is 4. The third-order valence-electron chi connectivity index (χ3n) is 2.38. The second kappa shape index (κ2) is 9.11. The van der Waals surface area contributed by atoms with Gasteiger partial charge in [0.1, 0.15) is 5.75 Å². The molecule has 0 spiro atoms. The molecule has 0 bridgehead atoms. The second-order valence-electron chi connectivity index (χ2n) is 4.38. The molecule has 0 aliphatic rings. The normalized spacial score (nSPS) is 9.75. The third-order valence-corrected chi connectivity index (χ3v) is 2.38. The highest BCUT2D eigenvalue weighted by molar-refractivity contribution is 5.70. The van der Waals surface area contributed by atoms with E-state index in [4.69, 9.17) is 4.74 Å². The van der Waals surface area contributed by atoms with Crippen LogP contribution in [0.2, 0.25) is 0 Å². The zero-order valence-corrected chi connectivity index (χ0v) is 12.1. The number of benzene rings is 1. The molecule has 0 fully saturated rings. The summed E-state index contributed by atoms with van der Waals surface area (Å²) in [7, 11) is 4.07. The number of nitro groups is 1. The molecule has 0 atom stereocenters. The zero-order chi connectivity index (χ0) is 14.3. The number of amides is 1. The van der Waals surface area contributed by atoms with E-state index in [1.54, 1.807) is 0 Å². The monoisotopic (exact) mass is 303 g/mol. The van der Waals surface area contributed by atoms with Crippen LogP contribution in [0, 0.1) is 10.1 Å². The SMILES string of the molecule is C[NH+](C)CCCNC(=O)Oc1ccc([N+](=O)[O-])cc1.[Cl-]. The number of nitrogens with one attached hydrogen (secondary N) is 2. The number of non-ortho nitro benzene ring substituents is 1. The number of nitrogens with zero attached hydrogens (tertiary/aromatic N) is 1. The van der Waals surface area contributed by atoms with E-state index in [2.05, 4.69) is 5.32 Å². The first-order valence-electron chi connectivity index (χ1n) is 5.98. The van der Waals surface area contributed by atoms with E-state index in [1.807, 2.05) is 14.1 Å². The minimum atomic E-state index is -0.553. The van der Waals surface area contributed by atoms with Gasteiger partial charge in [-0.15, -0.1) is 0 Å². The Bertz CT molecular complexity index is 437. The molecule has 8 heteroatoms. The third kappa shape index (κ3) is 6.91. The summed E-state index contributed by atoms with van der Waals surface area (Å²) in [6.45, 7) is 1.49. The van der Waals surface area contributed by atoms with Gasteiger partial charge in [-0.05, 0) is 12.1 Å². The van der Waals surface area contributed by atoms with E-state index in [1.165, 1.54) is 29.2 Å². The fourth-order valence-electron chi connectivity index (χ4n) is 1.41. The molecule has 0 unspecified atom stereocenters. The van der Waals surface area contributed by atoms with Crippen LogP contribution in [0.3, 0.4) is 0 Å².